The molecule has 9 heteroatoms. The molecular weight excluding hydrogens is 536 g/mol. The van der Waals surface area contributed by atoms with Gasteiger partial charge in [0.2, 0.25) is 10.0 Å². The minimum Gasteiger partial charge on any atom is -0.457 e. The van der Waals surface area contributed by atoms with E-state index in [2.05, 4.69) is 5.32 Å². The van der Waals surface area contributed by atoms with Gasteiger partial charge in [-0.1, -0.05) is 78.9 Å². The zero-order chi connectivity index (χ0) is 27.0. The molecule has 7 nitrogen and oxygen atoms in total. The lowest BCUT2D eigenvalue weighted by Gasteiger charge is -2.14. The molecule has 39 heavy (non-hydrogen) atoms. The minimum atomic E-state index is -3.73. The number of rotatable bonds is 11. The topological polar surface area (TPSA) is 105 Å². The minimum absolute atomic E-state index is 0. The number of para-hydroxylation sites is 1. The third-order valence-electron chi connectivity index (χ3n) is 5.88. The largest absolute Gasteiger partial charge is 0.457 e. The standard InChI is InChI=1S/C30H30N2O5S.ClH/c1-38(35,36)32-30(34)27-17-16-25(20-29(27)37-26-10-6-3-7-11-26)23-14-12-22(13-15-23)18-19-31-21-28(33)24-8-4-2-5-9-24;/h2-17,20,28,31,33H,18-19,21H2,1H3,(H,32,34);1H/t28-;/m0./s1. The number of benzene rings is 4. The van der Waals surface area contributed by atoms with Crippen molar-refractivity contribution < 1.29 is 23.1 Å². The van der Waals surface area contributed by atoms with Crippen LogP contribution in [0.3, 0.4) is 0 Å². The van der Waals surface area contributed by atoms with Crippen LogP contribution in [0.2, 0.25) is 0 Å². The Morgan fingerprint density at radius 1 is 0.872 bits per heavy atom. The fraction of sp³-hybridized carbons (Fsp3) is 0.167. The van der Waals surface area contributed by atoms with Crippen LogP contribution in [0.15, 0.2) is 103 Å². The normalized spacial score (nSPS) is 11.7. The van der Waals surface area contributed by atoms with Crippen molar-refractivity contribution in [2.45, 2.75) is 12.5 Å². The van der Waals surface area contributed by atoms with E-state index in [1.165, 1.54) is 0 Å². The van der Waals surface area contributed by atoms with Crippen molar-refractivity contribution in [3.63, 3.8) is 0 Å². The highest BCUT2D eigenvalue weighted by molar-refractivity contribution is 7.89. The lowest BCUT2D eigenvalue weighted by molar-refractivity contribution is 0.0979. The summed E-state index contributed by atoms with van der Waals surface area (Å²) in [5.41, 5.74) is 3.89. The lowest BCUT2D eigenvalue weighted by Crippen LogP contribution is -2.29. The lowest BCUT2D eigenvalue weighted by atomic mass is 10.0. The summed E-state index contributed by atoms with van der Waals surface area (Å²) in [6, 6.07) is 31.7. The maximum atomic E-state index is 12.6. The van der Waals surface area contributed by atoms with Crippen LogP contribution in [0.4, 0.5) is 0 Å². The maximum Gasteiger partial charge on any atom is 0.268 e. The number of carbonyl (C=O) groups is 1. The van der Waals surface area contributed by atoms with Crippen LogP contribution in [-0.4, -0.2) is 38.8 Å². The van der Waals surface area contributed by atoms with E-state index >= 15 is 0 Å². The molecule has 0 heterocycles. The SMILES string of the molecule is CS(=O)(=O)NC(=O)c1ccc(-c2ccc(CCNC[C@H](O)c3ccccc3)cc2)cc1Oc1ccccc1.Cl. The average Bonchev–Trinajstić information content (AvgIpc) is 2.91. The van der Waals surface area contributed by atoms with Gasteiger partial charge in [0.05, 0.1) is 17.9 Å². The van der Waals surface area contributed by atoms with Crippen molar-refractivity contribution >= 4 is 28.3 Å². The van der Waals surface area contributed by atoms with Crippen molar-refractivity contribution in [2.24, 2.45) is 0 Å². The Morgan fingerprint density at radius 3 is 2.13 bits per heavy atom. The van der Waals surface area contributed by atoms with Gasteiger partial charge in [-0.2, -0.15) is 0 Å². The van der Waals surface area contributed by atoms with Crippen LogP contribution in [0.5, 0.6) is 11.5 Å². The van der Waals surface area contributed by atoms with E-state index in [1.807, 2.05) is 77.5 Å². The fourth-order valence-electron chi connectivity index (χ4n) is 3.94. The molecule has 0 aliphatic rings. The maximum absolute atomic E-state index is 12.6. The second-order valence-corrected chi connectivity index (χ2v) is 10.7. The Balaban J connectivity index is 0.00000420. The van der Waals surface area contributed by atoms with Crippen molar-refractivity contribution in [3.05, 3.63) is 120 Å². The van der Waals surface area contributed by atoms with Crippen LogP contribution in [0.25, 0.3) is 11.1 Å². The summed E-state index contributed by atoms with van der Waals surface area (Å²) in [6.07, 6.45) is 1.18. The van der Waals surface area contributed by atoms with Crippen molar-refractivity contribution in [3.8, 4) is 22.6 Å². The number of nitrogens with one attached hydrogen (secondary N) is 2. The molecule has 4 rings (SSSR count). The molecule has 0 aromatic heterocycles. The summed E-state index contributed by atoms with van der Waals surface area (Å²) in [5.74, 6) is 0.0172. The molecule has 0 unspecified atom stereocenters. The first kappa shape index (κ1) is 29.9. The highest BCUT2D eigenvalue weighted by Gasteiger charge is 2.18. The Kier molecular flexibility index (Phi) is 10.7. The second-order valence-electron chi connectivity index (χ2n) is 8.91. The number of aliphatic hydroxyl groups excluding tert-OH is 1. The van der Waals surface area contributed by atoms with E-state index < -0.39 is 22.0 Å². The molecule has 0 saturated carbocycles. The monoisotopic (exact) mass is 566 g/mol. The van der Waals surface area contributed by atoms with Crippen LogP contribution < -0.4 is 14.8 Å². The van der Waals surface area contributed by atoms with Gasteiger partial charge >= 0.3 is 0 Å². The van der Waals surface area contributed by atoms with Gasteiger partial charge in [0.1, 0.15) is 11.5 Å². The molecule has 0 aliphatic heterocycles. The second kappa shape index (κ2) is 13.9. The number of hydrogen-bond acceptors (Lipinski definition) is 6. The van der Waals surface area contributed by atoms with Gasteiger partial charge in [-0.15, -0.1) is 12.4 Å². The Labute approximate surface area is 235 Å². The van der Waals surface area contributed by atoms with Gasteiger partial charge in [0.25, 0.3) is 5.91 Å². The third kappa shape index (κ3) is 8.94. The highest BCUT2D eigenvalue weighted by Crippen LogP contribution is 2.31. The summed E-state index contributed by atoms with van der Waals surface area (Å²) < 4.78 is 31.2. The van der Waals surface area contributed by atoms with E-state index in [0.29, 0.717) is 12.3 Å². The zero-order valence-corrected chi connectivity index (χ0v) is 23.0. The Hall–Kier alpha value is -3.69. The quantitative estimate of drug-likeness (QED) is 0.218. The zero-order valence-electron chi connectivity index (χ0n) is 21.4. The molecule has 0 aliphatic carbocycles. The molecule has 204 valence electrons. The fourth-order valence-corrected chi connectivity index (χ4v) is 4.39. The summed E-state index contributed by atoms with van der Waals surface area (Å²) in [4.78, 5) is 12.6. The third-order valence-corrected chi connectivity index (χ3v) is 6.43. The molecule has 3 N–H and O–H groups in total. The molecule has 0 radical (unpaired) electrons. The Morgan fingerprint density at radius 2 is 1.49 bits per heavy atom. The van der Waals surface area contributed by atoms with E-state index in [0.717, 1.165) is 41.5 Å². The van der Waals surface area contributed by atoms with E-state index in [9.17, 15) is 18.3 Å². The first-order chi connectivity index (χ1) is 18.3. The number of sulfonamides is 1. The Bertz CT molecular complexity index is 1460. The van der Waals surface area contributed by atoms with Gasteiger partial charge in [-0.3, -0.25) is 4.79 Å². The summed E-state index contributed by atoms with van der Waals surface area (Å²) >= 11 is 0. The smallest absolute Gasteiger partial charge is 0.268 e. The van der Waals surface area contributed by atoms with E-state index in [1.54, 1.807) is 30.3 Å². The molecule has 0 spiro atoms. The number of carbonyl (C=O) groups excluding carboxylic acids is 1. The molecule has 4 aromatic carbocycles. The van der Waals surface area contributed by atoms with Gasteiger partial charge in [-0.05, 0) is 59.5 Å². The average molecular weight is 567 g/mol. The van der Waals surface area contributed by atoms with Crippen molar-refractivity contribution in [1.29, 1.82) is 0 Å². The molecule has 4 aromatic rings. The number of amides is 1. The van der Waals surface area contributed by atoms with Crippen LogP contribution in [-0.2, 0) is 16.4 Å². The number of aliphatic hydroxyl groups is 1. The van der Waals surface area contributed by atoms with Crippen molar-refractivity contribution in [2.75, 3.05) is 19.3 Å². The number of ether oxygens (including phenoxy) is 1. The molecule has 1 atom stereocenters. The van der Waals surface area contributed by atoms with Crippen LogP contribution in [0.1, 0.15) is 27.6 Å². The van der Waals surface area contributed by atoms with Gasteiger partial charge in [0.15, 0.2) is 0 Å². The van der Waals surface area contributed by atoms with Crippen molar-refractivity contribution in [1.82, 2.24) is 10.0 Å². The molecule has 0 bridgehead atoms. The highest BCUT2D eigenvalue weighted by atomic mass is 35.5. The van der Waals surface area contributed by atoms with Gasteiger partial charge in [0, 0.05) is 6.54 Å². The molecule has 0 saturated heterocycles. The summed E-state index contributed by atoms with van der Waals surface area (Å²) in [7, 11) is -3.73. The summed E-state index contributed by atoms with van der Waals surface area (Å²) in [5, 5.41) is 13.6. The van der Waals surface area contributed by atoms with Crippen LogP contribution in [0, 0.1) is 0 Å². The first-order valence-corrected chi connectivity index (χ1v) is 14.1. The predicted molar refractivity (Wildman–Crippen MR) is 156 cm³/mol. The predicted octanol–water partition coefficient (Wildman–Crippen LogP) is 5.12. The molecular formula is C30H31ClN2O5S. The van der Waals surface area contributed by atoms with E-state index in [-0.39, 0.29) is 23.7 Å². The molecule has 0 fully saturated rings. The first-order valence-electron chi connectivity index (χ1n) is 12.2. The number of halogens is 1. The van der Waals surface area contributed by atoms with Crippen LogP contribution >= 0.6 is 12.4 Å². The molecule has 1 amide bonds. The van der Waals surface area contributed by atoms with Gasteiger partial charge in [-0.25, -0.2) is 13.1 Å². The van der Waals surface area contributed by atoms with E-state index in [4.69, 9.17) is 4.74 Å². The van der Waals surface area contributed by atoms with Gasteiger partial charge < -0.3 is 15.2 Å². The summed E-state index contributed by atoms with van der Waals surface area (Å²) in [6.45, 7) is 1.20. The number of hydrogen-bond donors (Lipinski definition) is 3.